The SMILES string of the molecule is CCc1c(N)c(C)cc(Cc2cc(C)c(N)c(CC)c2Br)c1Br. The van der Waals surface area contributed by atoms with Crippen molar-refractivity contribution < 1.29 is 0 Å². The molecule has 0 fully saturated rings. The topological polar surface area (TPSA) is 52.0 Å². The zero-order valence-electron chi connectivity index (χ0n) is 14.2. The highest BCUT2D eigenvalue weighted by Gasteiger charge is 2.16. The number of nitrogen functional groups attached to an aromatic ring is 2. The normalized spacial score (nSPS) is 11.0. The molecule has 23 heavy (non-hydrogen) atoms. The van der Waals surface area contributed by atoms with Crippen molar-refractivity contribution in [3.05, 3.63) is 54.5 Å². The number of anilines is 2. The van der Waals surface area contributed by atoms with E-state index < -0.39 is 0 Å². The summed E-state index contributed by atoms with van der Waals surface area (Å²) in [7, 11) is 0. The lowest BCUT2D eigenvalue weighted by molar-refractivity contribution is 1.06. The largest absolute Gasteiger partial charge is 0.398 e. The molecule has 0 aromatic heterocycles. The summed E-state index contributed by atoms with van der Waals surface area (Å²) in [6.45, 7) is 8.42. The number of aryl methyl sites for hydroxylation is 2. The second kappa shape index (κ2) is 7.27. The monoisotopic (exact) mass is 438 g/mol. The first-order valence-corrected chi connectivity index (χ1v) is 9.52. The smallest absolute Gasteiger partial charge is 0.0387 e. The summed E-state index contributed by atoms with van der Waals surface area (Å²) in [6.07, 6.45) is 2.69. The molecule has 124 valence electrons. The van der Waals surface area contributed by atoms with Gasteiger partial charge in [-0.05, 0) is 66.5 Å². The molecule has 4 heteroatoms. The van der Waals surface area contributed by atoms with Gasteiger partial charge in [-0.3, -0.25) is 0 Å². The van der Waals surface area contributed by atoms with Gasteiger partial charge in [0.15, 0.2) is 0 Å². The first kappa shape index (κ1) is 18.3. The molecule has 0 saturated carbocycles. The Morgan fingerprint density at radius 1 is 0.783 bits per heavy atom. The van der Waals surface area contributed by atoms with Crippen molar-refractivity contribution in [3.63, 3.8) is 0 Å². The van der Waals surface area contributed by atoms with Gasteiger partial charge in [-0.25, -0.2) is 0 Å². The molecule has 0 atom stereocenters. The Kier molecular flexibility index (Phi) is 5.79. The minimum Gasteiger partial charge on any atom is -0.398 e. The van der Waals surface area contributed by atoms with Crippen LogP contribution in [0.15, 0.2) is 21.1 Å². The Morgan fingerprint density at radius 3 is 1.43 bits per heavy atom. The maximum Gasteiger partial charge on any atom is 0.0387 e. The number of nitrogens with two attached hydrogens (primary N) is 2. The van der Waals surface area contributed by atoms with Crippen LogP contribution >= 0.6 is 31.9 Å². The van der Waals surface area contributed by atoms with E-state index in [4.69, 9.17) is 11.5 Å². The Morgan fingerprint density at radius 2 is 1.13 bits per heavy atom. The molecule has 2 aromatic rings. The van der Waals surface area contributed by atoms with Crippen LogP contribution in [0.1, 0.15) is 47.2 Å². The Hall–Kier alpha value is -1.00. The van der Waals surface area contributed by atoms with E-state index >= 15 is 0 Å². The molecule has 0 amide bonds. The van der Waals surface area contributed by atoms with Gasteiger partial charge >= 0.3 is 0 Å². The number of rotatable bonds is 4. The molecule has 0 bridgehead atoms. The quantitative estimate of drug-likeness (QED) is 0.599. The maximum atomic E-state index is 6.22. The third-order valence-electron chi connectivity index (χ3n) is 4.46. The van der Waals surface area contributed by atoms with Crippen LogP contribution in [0.2, 0.25) is 0 Å². The third-order valence-corrected chi connectivity index (χ3v) is 6.44. The van der Waals surface area contributed by atoms with E-state index in [-0.39, 0.29) is 0 Å². The van der Waals surface area contributed by atoms with Gasteiger partial charge in [0.05, 0.1) is 0 Å². The van der Waals surface area contributed by atoms with Crippen LogP contribution in [-0.4, -0.2) is 0 Å². The molecule has 0 heterocycles. The highest BCUT2D eigenvalue weighted by Crippen LogP contribution is 2.36. The van der Waals surface area contributed by atoms with Crippen LogP contribution < -0.4 is 11.5 Å². The lowest BCUT2D eigenvalue weighted by Gasteiger charge is -2.18. The summed E-state index contributed by atoms with van der Waals surface area (Å²) in [5.41, 5.74) is 21.4. The van der Waals surface area contributed by atoms with E-state index in [2.05, 4.69) is 71.7 Å². The molecule has 0 spiro atoms. The molecule has 2 rings (SSSR count). The molecule has 0 unspecified atom stereocenters. The fourth-order valence-corrected chi connectivity index (χ4v) is 4.56. The Labute approximate surface area is 155 Å². The summed E-state index contributed by atoms with van der Waals surface area (Å²) < 4.78 is 2.25. The van der Waals surface area contributed by atoms with E-state index in [9.17, 15) is 0 Å². The summed E-state index contributed by atoms with van der Waals surface area (Å²) in [5.74, 6) is 0. The zero-order valence-corrected chi connectivity index (χ0v) is 17.4. The van der Waals surface area contributed by atoms with E-state index in [0.29, 0.717) is 0 Å². The van der Waals surface area contributed by atoms with Crippen molar-refractivity contribution in [2.45, 2.75) is 47.0 Å². The van der Waals surface area contributed by atoms with Crippen LogP contribution in [-0.2, 0) is 19.3 Å². The van der Waals surface area contributed by atoms with Gasteiger partial charge < -0.3 is 11.5 Å². The van der Waals surface area contributed by atoms with Gasteiger partial charge in [-0.2, -0.15) is 0 Å². The van der Waals surface area contributed by atoms with Crippen molar-refractivity contribution in [2.24, 2.45) is 0 Å². The number of halogens is 2. The molecular weight excluding hydrogens is 416 g/mol. The van der Waals surface area contributed by atoms with E-state index in [1.54, 1.807) is 0 Å². The summed E-state index contributed by atoms with van der Waals surface area (Å²) >= 11 is 7.51. The second-order valence-corrected chi connectivity index (χ2v) is 7.59. The molecule has 2 nitrogen and oxygen atoms in total. The lowest BCUT2D eigenvalue weighted by atomic mass is 9.94. The molecule has 0 aliphatic rings. The average Bonchev–Trinajstić information content (AvgIpc) is 2.51. The fraction of sp³-hybridized carbons (Fsp3) is 0.368. The van der Waals surface area contributed by atoms with Gasteiger partial charge in [0.1, 0.15) is 0 Å². The maximum absolute atomic E-state index is 6.22. The van der Waals surface area contributed by atoms with Gasteiger partial charge in [0.25, 0.3) is 0 Å². The third kappa shape index (κ3) is 3.43. The van der Waals surface area contributed by atoms with Gasteiger partial charge in [-0.15, -0.1) is 0 Å². The second-order valence-electron chi connectivity index (χ2n) is 6.00. The molecule has 2 aromatic carbocycles. The van der Waals surface area contributed by atoms with Crippen LogP contribution in [0, 0.1) is 13.8 Å². The first-order valence-electron chi connectivity index (χ1n) is 7.94. The standard InChI is InChI=1S/C19H24Br2N2/c1-5-14-16(20)12(7-10(3)18(14)22)9-13-8-11(4)19(23)15(6-2)17(13)21/h7-8H,5-6,9,22-23H2,1-4H3. The minimum absolute atomic E-state index is 0.851. The van der Waals surface area contributed by atoms with Gasteiger partial charge in [-0.1, -0.05) is 57.8 Å². The van der Waals surface area contributed by atoms with Crippen molar-refractivity contribution >= 4 is 43.2 Å². The summed E-state index contributed by atoms with van der Waals surface area (Å²) in [5, 5.41) is 0. The summed E-state index contributed by atoms with van der Waals surface area (Å²) in [4.78, 5) is 0. The van der Waals surface area contributed by atoms with Crippen molar-refractivity contribution in [2.75, 3.05) is 11.5 Å². The van der Waals surface area contributed by atoms with Crippen molar-refractivity contribution in [1.29, 1.82) is 0 Å². The van der Waals surface area contributed by atoms with Crippen molar-refractivity contribution in [3.8, 4) is 0 Å². The van der Waals surface area contributed by atoms with Gasteiger partial charge in [0.2, 0.25) is 0 Å². The summed E-state index contributed by atoms with van der Waals surface area (Å²) in [6, 6.07) is 4.37. The molecule has 4 N–H and O–H groups in total. The molecule has 0 aliphatic carbocycles. The van der Waals surface area contributed by atoms with Crippen LogP contribution in [0.5, 0.6) is 0 Å². The first-order chi connectivity index (χ1) is 10.8. The molecular formula is C19H24Br2N2. The van der Waals surface area contributed by atoms with E-state index in [1.165, 1.54) is 22.3 Å². The minimum atomic E-state index is 0.851. The van der Waals surface area contributed by atoms with Crippen molar-refractivity contribution in [1.82, 2.24) is 0 Å². The number of hydrogen-bond donors (Lipinski definition) is 2. The highest BCUT2D eigenvalue weighted by molar-refractivity contribution is 9.11. The lowest BCUT2D eigenvalue weighted by Crippen LogP contribution is -2.04. The number of benzene rings is 2. The fourth-order valence-electron chi connectivity index (χ4n) is 3.06. The molecule has 0 aliphatic heterocycles. The van der Waals surface area contributed by atoms with Crippen LogP contribution in [0.3, 0.4) is 0 Å². The predicted octanol–water partition coefficient (Wildman–Crippen LogP) is 5.71. The highest BCUT2D eigenvalue weighted by atomic mass is 79.9. The van der Waals surface area contributed by atoms with Crippen LogP contribution in [0.4, 0.5) is 11.4 Å². The van der Waals surface area contributed by atoms with E-state index in [0.717, 1.165) is 50.7 Å². The zero-order chi connectivity index (χ0) is 17.3. The van der Waals surface area contributed by atoms with Gasteiger partial charge in [0, 0.05) is 20.3 Å². The predicted molar refractivity (Wildman–Crippen MR) is 108 cm³/mol. The number of hydrogen-bond acceptors (Lipinski definition) is 2. The van der Waals surface area contributed by atoms with E-state index in [1.807, 2.05) is 0 Å². The Balaban J connectivity index is 2.57. The molecule has 0 radical (unpaired) electrons. The van der Waals surface area contributed by atoms with Crippen LogP contribution in [0.25, 0.3) is 0 Å². The average molecular weight is 440 g/mol. The molecule has 0 saturated heterocycles. The Bertz CT molecular complexity index is 689.